The van der Waals surface area contributed by atoms with Gasteiger partial charge in [-0.25, -0.2) is 9.59 Å². The molecule has 0 aliphatic heterocycles. The van der Waals surface area contributed by atoms with E-state index in [1.807, 2.05) is 6.07 Å². The Labute approximate surface area is 117 Å². The number of nitrogens with one attached hydrogen (secondary N) is 1. The summed E-state index contributed by atoms with van der Waals surface area (Å²) in [6, 6.07) is 5.97. The lowest BCUT2D eigenvalue weighted by Gasteiger charge is -2.23. The summed E-state index contributed by atoms with van der Waals surface area (Å²) in [4.78, 5) is 24.3. The molecule has 1 rings (SSSR count). The van der Waals surface area contributed by atoms with Crippen LogP contribution in [-0.4, -0.2) is 35.1 Å². The average molecular weight is 275 g/mol. The van der Waals surface area contributed by atoms with E-state index in [9.17, 15) is 9.59 Å². The maximum atomic E-state index is 12.0. The number of carboxylic acids is 1. The molecule has 0 bridgehead atoms. The van der Waals surface area contributed by atoms with Gasteiger partial charge in [-0.3, -0.25) is 0 Å². The van der Waals surface area contributed by atoms with Gasteiger partial charge < -0.3 is 15.3 Å². The molecule has 0 saturated heterocycles. The van der Waals surface area contributed by atoms with E-state index in [0.29, 0.717) is 11.3 Å². The van der Waals surface area contributed by atoms with Gasteiger partial charge in [0, 0.05) is 18.8 Å². The van der Waals surface area contributed by atoms with Gasteiger partial charge in [0.05, 0.1) is 18.1 Å². The highest BCUT2D eigenvalue weighted by Crippen LogP contribution is 2.17. The quantitative estimate of drug-likeness (QED) is 0.882. The fourth-order valence-corrected chi connectivity index (χ4v) is 1.61. The fourth-order valence-electron chi connectivity index (χ4n) is 1.61. The standard InChI is InChI=1S/C14H17N3O3/c1-9-8-11(13(18)19)4-5-12(9)16-14(20)17(3)10(2)6-7-15/h4-5,8,10H,6H2,1-3H3,(H,16,20)(H,18,19). The molecule has 2 N–H and O–H groups in total. The summed E-state index contributed by atoms with van der Waals surface area (Å²) in [5.74, 6) is -1.01. The highest BCUT2D eigenvalue weighted by molar-refractivity contribution is 5.92. The molecule has 6 heteroatoms. The van der Waals surface area contributed by atoms with Crippen molar-refractivity contribution in [3.63, 3.8) is 0 Å². The Morgan fingerprint density at radius 3 is 2.65 bits per heavy atom. The topological polar surface area (TPSA) is 93.4 Å². The number of nitriles is 1. The Morgan fingerprint density at radius 1 is 1.50 bits per heavy atom. The number of urea groups is 1. The van der Waals surface area contributed by atoms with E-state index in [1.54, 1.807) is 27.0 Å². The summed E-state index contributed by atoms with van der Waals surface area (Å²) < 4.78 is 0. The van der Waals surface area contributed by atoms with E-state index in [4.69, 9.17) is 10.4 Å². The Balaban J connectivity index is 2.81. The van der Waals surface area contributed by atoms with Crippen molar-refractivity contribution in [3.8, 4) is 6.07 Å². The van der Waals surface area contributed by atoms with Gasteiger partial charge in [0.2, 0.25) is 0 Å². The molecule has 0 aromatic heterocycles. The summed E-state index contributed by atoms with van der Waals surface area (Å²) in [5, 5.41) is 20.2. The van der Waals surface area contributed by atoms with E-state index < -0.39 is 5.97 Å². The lowest BCUT2D eigenvalue weighted by Crippen LogP contribution is -2.38. The van der Waals surface area contributed by atoms with Crippen LogP contribution in [0.1, 0.15) is 29.3 Å². The summed E-state index contributed by atoms with van der Waals surface area (Å²) >= 11 is 0. The number of hydrogen-bond acceptors (Lipinski definition) is 3. The normalized spacial score (nSPS) is 11.3. The summed E-state index contributed by atoms with van der Waals surface area (Å²) in [7, 11) is 1.61. The third kappa shape index (κ3) is 3.72. The van der Waals surface area contributed by atoms with Gasteiger partial charge >= 0.3 is 12.0 Å². The van der Waals surface area contributed by atoms with Gasteiger partial charge in [-0.05, 0) is 37.6 Å². The van der Waals surface area contributed by atoms with Crippen LogP contribution in [0.15, 0.2) is 18.2 Å². The van der Waals surface area contributed by atoms with Crippen LogP contribution >= 0.6 is 0 Å². The first-order valence-corrected chi connectivity index (χ1v) is 6.11. The smallest absolute Gasteiger partial charge is 0.335 e. The molecule has 0 aliphatic rings. The molecule has 106 valence electrons. The second kappa shape index (κ2) is 6.57. The predicted molar refractivity (Wildman–Crippen MR) is 74.6 cm³/mol. The molecular formula is C14H17N3O3. The predicted octanol–water partition coefficient (Wildman–Crippen LogP) is 2.46. The molecule has 1 aromatic rings. The van der Waals surface area contributed by atoms with Crippen LogP contribution in [0, 0.1) is 18.3 Å². The Bertz CT molecular complexity index is 563. The second-order valence-electron chi connectivity index (χ2n) is 4.59. The third-order valence-corrected chi connectivity index (χ3v) is 3.08. The molecular weight excluding hydrogens is 258 g/mol. The molecule has 0 radical (unpaired) electrons. The first kappa shape index (κ1) is 15.5. The van der Waals surface area contributed by atoms with Crippen LogP contribution in [0.4, 0.5) is 10.5 Å². The zero-order chi connectivity index (χ0) is 15.3. The van der Waals surface area contributed by atoms with E-state index >= 15 is 0 Å². The number of hydrogen-bond donors (Lipinski definition) is 2. The van der Waals surface area contributed by atoms with Gasteiger partial charge in [0.1, 0.15) is 0 Å². The Morgan fingerprint density at radius 2 is 2.15 bits per heavy atom. The van der Waals surface area contributed by atoms with Crippen molar-refractivity contribution in [2.75, 3.05) is 12.4 Å². The number of carbonyl (C=O) groups excluding carboxylic acids is 1. The molecule has 1 unspecified atom stereocenters. The van der Waals surface area contributed by atoms with Crippen LogP contribution in [0.25, 0.3) is 0 Å². The van der Waals surface area contributed by atoms with Crippen LogP contribution in [0.5, 0.6) is 0 Å². The van der Waals surface area contributed by atoms with Crippen molar-refractivity contribution in [1.29, 1.82) is 5.26 Å². The van der Waals surface area contributed by atoms with Crippen LogP contribution < -0.4 is 5.32 Å². The monoisotopic (exact) mass is 275 g/mol. The molecule has 0 saturated carbocycles. The van der Waals surface area contributed by atoms with Crippen LogP contribution in [0.3, 0.4) is 0 Å². The first-order chi connectivity index (χ1) is 9.36. The van der Waals surface area contributed by atoms with Gasteiger partial charge in [-0.15, -0.1) is 0 Å². The number of nitrogens with zero attached hydrogens (tertiary/aromatic N) is 2. The Kier molecular flexibility index (Phi) is 5.09. The minimum atomic E-state index is -1.01. The largest absolute Gasteiger partial charge is 0.478 e. The lowest BCUT2D eigenvalue weighted by molar-refractivity contribution is 0.0697. The number of aromatic carboxylic acids is 1. The average Bonchev–Trinajstić information content (AvgIpc) is 2.40. The summed E-state index contributed by atoms with van der Waals surface area (Å²) in [5.41, 5.74) is 1.39. The van der Waals surface area contributed by atoms with Crippen molar-refractivity contribution in [2.24, 2.45) is 0 Å². The van der Waals surface area contributed by atoms with E-state index in [-0.39, 0.29) is 24.1 Å². The molecule has 6 nitrogen and oxygen atoms in total. The maximum Gasteiger partial charge on any atom is 0.335 e. The number of rotatable bonds is 4. The molecule has 0 heterocycles. The number of anilines is 1. The zero-order valence-electron chi connectivity index (χ0n) is 11.7. The van der Waals surface area contributed by atoms with Crippen LogP contribution in [0.2, 0.25) is 0 Å². The van der Waals surface area contributed by atoms with E-state index in [2.05, 4.69) is 5.32 Å². The lowest BCUT2D eigenvalue weighted by atomic mass is 10.1. The van der Waals surface area contributed by atoms with E-state index in [1.165, 1.54) is 17.0 Å². The molecule has 0 spiro atoms. The van der Waals surface area contributed by atoms with Crippen LogP contribution in [-0.2, 0) is 0 Å². The number of carbonyl (C=O) groups is 2. The van der Waals surface area contributed by atoms with Crippen molar-refractivity contribution >= 4 is 17.7 Å². The number of carboxylic acid groups (broad SMARTS) is 1. The second-order valence-corrected chi connectivity index (χ2v) is 4.59. The number of aryl methyl sites for hydroxylation is 1. The molecule has 1 atom stereocenters. The van der Waals surface area contributed by atoms with Gasteiger partial charge in [0.15, 0.2) is 0 Å². The van der Waals surface area contributed by atoms with Crippen molar-refractivity contribution in [2.45, 2.75) is 26.3 Å². The van der Waals surface area contributed by atoms with Crippen molar-refractivity contribution < 1.29 is 14.7 Å². The van der Waals surface area contributed by atoms with Crippen molar-refractivity contribution in [3.05, 3.63) is 29.3 Å². The number of amides is 2. The first-order valence-electron chi connectivity index (χ1n) is 6.11. The fraction of sp³-hybridized carbons (Fsp3) is 0.357. The highest BCUT2D eigenvalue weighted by Gasteiger charge is 2.16. The van der Waals surface area contributed by atoms with Gasteiger partial charge in [0.25, 0.3) is 0 Å². The molecule has 0 fully saturated rings. The highest BCUT2D eigenvalue weighted by atomic mass is 16.4. The zero-order valence-corrected chi connectivity index (χ0v) is 11.7. The van der Waals surface area contributed by atoms with Gasteiger partial charge in [-0.2, -0.15) is 5.26 Å². The van der Waals surface area contributed by atoms with Gasteiger partial charge in [-0.1, -0.05) is 0 Å². The third-order valence-electron chi connectivity index (χ3n) is 3.08. The minimum absolute atomic E-state index is 0.173. The Hall–Kier alpha value is -2.55. The SMILES string of the molecule is Cc1cc(C(=O)O)ccc1NC(=O)N(C)C(C)CC#N. The molecule has 20 heavy (non-hydrogen) atoms. The molecule has 1 aromatic carbocycles. The number of benzene rings is 1. The maximum absolute atomic E-state index is 12.0. The minimum Gasteiger partial charge on any atom is -0.478 e. The molecule has 0 aliphatic carbocycles. The summed E-state index contributed by atoms with van der Waals surface area (Å²) in [6.07, 6.45) is 0.251. The van der Waals surface area contributed by atoms with E-state index in [0.717, 1.165) is 0 Å². The summed E-state index contributed by atoms with van der Waals surface area (Å²) in [6.45, 7) is 3.50. The molecule has 2 amide bonds. The van der Waals surface area contributed by atoms with Crippen molar-refractivity contribution in [1.82, 2.24) is 4.90 Å².